The highest BCUT2D eigenvalue weighted by Gasteiger charge is 2.29. The van der Waals surface area contributed by atoms with Gasteiger partial charge in [0.15, 0.2) is 0 Å². The molecule has 2 rings (SSSR count). The maximum atomic E-state index is 12.3. The SMILES string of the molecule is CCC(Nc1ccc(SC(F)(F)F)cc1)c1ccccc1. The van der Waals surface area contributed by atoms with Gasteiger partial charge in [-0.1, -0.05) is 37.3 Å². The Morgan fingerprint density at radius 2 is 1.62 bits per heavy atom. The maximum absolute atomic E-state index is 12.3. The van der Waals surface area contributed by atoms with E-state index in [1.54, 1.807) is 12.1 Å². The summed E-state index contributed by atoms with van der Waals surface area (Å²) in [7, 11) is 0. The third-order valence-corrected chi connectivity index (χ3v) is 3.78. The van der Waals surface area contributed by atoms with E-state index in [0.717, 1.165) is 17.7 Å². The normalized spacial score (nSPS) is 13.0. The summed E-state index contributed by atoms with van der Waals surface area (Å²) in [5.41, 5.74) is -2.27. The Morgan fingerprint density at radius 3 is 2.14 bits per heavy atom. The molecule has 1 nitrogen and oxygen atoms in total. The van der Waals surface area contributed by atoms with Crippen molar-refractivity contribution >= 4 is 17.4 Å². The fraction of sp³-hybridized carbons (Fsp3) is 0.250. The zero-order valence-electron chi connectivity index (χ0n) is 11.5. The van der Waals surface area contributed by atoms with E-state index < -0.39 is 5.51 Å². The highest BCUT2D eigenvalue weighted by molar-refractivity contribution is 8.00. The second-order valence-corrected chi connectivity index (χ2v) is 5.73. The van der Waals surface area contributed by atoms with Crippen LogP contribution in [0.15, 0.2) is 59.5 Å². The molecule has 0 heterocycles. The van der Waals surface area contributed by atoms with Gasteiger partial charge in [-0.15, -0.1) is 0 Å². The van der Waals surface area contributed by atoms with Crippen LogP contribution in [0, 0.1) is 0 Å². The summed E-state index contributed by atoms with van der Waals surface area (Å²) >= 11 is -0.0973. The predicted octanol–water partition coefficient (Wildman–Crippen LogP) is 5.86. The average Bonchev–Trinajstić information content (AvgIpc) is 2.46. The molecular formula is C16H16F3NS. The summed E-state index contributed by atoms with van der Waals surface area (Å²) in [6.07, 6.45) is 0.892. The molecule has 112 valence electrons. The van der Waals surface area contributed by atoms with Crippen LogP contribution in [0.3, 0.4) is 0 Å². The minimum absolute atomic E-state index is 0.0973. The average molecular weight is 311 g/mol. The standard InChI is InChI=1S/C16H16F3NS/c1-2-15(12-6-4-3-5-7-12)20-13-8-10-14(11-9-13)21-16(17,18)19/h3-11,15,20H,2H2,1H3. The second kappa shape index (κ2) is 6.89. The molecule has 1 atom stereocenters. The second-order valence-electron chi connectivity index (χ2n) is 4.59. The van der Waals surface area contributed by atoms with Crippen LogP contribution in [-0.2, 0) is 0 Å². The first-order valence-electron chi connectivity index (χ1n) is 6.65. The number of anilines is 1. The molecule has 0 aliphatic carbocycles. The highest BCUT2D eigenvalue weighted by Crippen LogP contribution is 2.37. The van der Waals surface area contributed by atoms with E-state index in [4.69, 9.17) is 0 Å². The van der Waals surface area contributed by atoms with Crippen LogP contribution >= 0.6 is 11.8 Å². The van der Waals surface area contributed by atoms with Crippen molar-refractivity contribution in [1.82, 2.24) is 0 Å². The zero-order chi connectivity index (χ0) is 15.3. The summed E-state index contributed by atoms with van der Waals surface area (Å²) in [6.45, 7) is 2.07. The maximum Gasteiger partial charge on any atom is 0.446 e. The number of thioether (sulfide) groups is 1. The first-order chi connectivity index (χ1) is 9.98. The van der Waals surface area contributed by atoms with Gasteiger partial charge in [-0.25, -0.2) is 0 Å². The highest BCUT2D eigenvalue weighted by atomic mass is 32.2. The minimum Gasteiger partial charge on any atom is -0.378 e. The van der Waals surface area contributed by atoms with Crippen LogP contribution in [0.4, 0.5) is 18.9 Å². The van der Waals surface area contributed by atoms with Gasteiger partial charge < -0.3 is 5.32 Å². The van der Waals surface area contributed by atoms with Crippen LogP contribution in [0.25, 0.3) is 0 Å². The van der Waals surface area contributed by atoms with E-state index in [9.17, 15) is 13.2 Å². The van der Waals surface area contributed by atoms with Gasteiger partial charge in [-0.3, -0.25) is 0 Å². The molecule has 0 fully saturated rings. The summed E-state index contributed by atoms with van der Waals surface area (Å²) in [4.78, 5) is 0.195. The Kier molecular flexibility index (Phi) is 5.17. The summed E-state index contributed by atoms with van der Waals surface area (Å²) in [5, 5.41) is 3.34. The number of nitrogens with one attached hydrogen (secondary N) is 1. The van der Waals surface area contributed by atoms with Crippen LogP contribution < -0.4 is 5.32 Å². The summed E-state index contributed by atoms with van der Waals surface area (Å²) in [6, 6.07) is 16.5. The third kappa shape index (κ3) is 5.01. The summed E-state index contributed by atoms with van der Waals surface area (Å²) in [5.74, 6) is 0. The topological polar surface area (TPSA) is 12.0 Å². The molecule has 21 heavy (non-hydrogen) atoms. The Hall–Kier alpha value is -1.62. The van der Waals surface area contributed by atoms with Gasteiger partial charge in [0.25, 0.3) is 0 Å². The van der Waals surface area contributed by atoms with Gasteiger partial charge in [0.05, 0.1) is 6.04 Å². The molecule has 0 aromatic heterocycles. The molecule has 0 radical (unpaired) electrons. The molecule has 1 unspecified atom stereocenters. The first-order valence-corrected chi connectivity index (χ1v) is 7.47. The van der Waals surface area contributed by atoms with Crippen molar-refractivity contribution in [3.8, 4) is 0 Å². The van der Waals surface area contributed by atoms with E-state index >= 15 is 0 Å². The quantitative estimate of drug-likeness (QED) is 0.694. The van der Waals surface area contributed by atoms with Gasteiger partial charge in [-0.2, -0.15) is 13.2 Å². The number of hydrogen-bond donors (Lipinski definition) is 1. The van der Waals surface area contributed by atoms with Crippen molar-refractivity contribution in [3.05, 3.63) is 60.2 Å². The van der Waals surface area contributed by atoms with Gasteiger partial charge in [0, 0.05) is 10.6 Å². The van der Waals surface area contributed by atoms with Crippen molar-refractivity contribution in [2.75, 3.05) is 5.32 Å². The fourth-order valence-corrected chi connectivity index (χ4v) is 2.60. The van der Waals surface area contributed by atoms with Crippen molar-refractivity contribution in [1.29, 1.82) is 0 Å². The minimum atomic E-state index is -4.25. The molecule has 2 aromatic rings. The van der Waals surface area contributed by atoms with Gasteiger partial charge in [0.2, 0.25) is 0 Å². The monoisotopic (exact) mass is 311 g/mol. The van der Waals surface area contributed by atoms with Crippen molar-refractivity contribution in [2.24, 2.45) is 0 Å². The number of alkyl halides is 3. The van der Waals surface area contributed by atoms with Crippen LogP contribution in [0.1, 0.15) is 24.9 Å². The van der Waals surface area contributed by atoms with Crippen LogP contribution in [0.5, 0.6) is 0 Å². The Balaban J connectivity index is 2.05. The predicted molar refractivity (Wildman–Crippen MR) is 81.5 cm³/mol. The largest absolute Gasteiger partial charge is 0.446 e. The molecule has 5 heteroatoms. The smallest absolute Gasteiger partial charge is 0.378 e. The Morgan fingerprint density at radius 1 is 1.00 bits per heavy atom. The van der Waals surface area contributed by atoms with E-state index in [2.05, 4.69) is 12.2 Å². The molecular weight excluding hydrogens is 295 g/mol. The lowest BCUT2D eigenvalue weighted by Crippen LogP contribution is -2.09. The number of benzene rings is 2. The first kappa shape index (κ1) is 15.8. The Labute approximate surface area is 126 Å². The van der Waals surface area contributed by atoms with Gasteiger partial charge in [0.1, 0.15) is 0 Å². The Bertz CT molecular complexity index is 552. The van der Waals surface area contributed by atoms with Crippen molar-refractivity contribution in [3.63, 3.8) is 0 Å². The van der Waals surface area contributed by atoms with Crippen LogP contribution in [0.2, 0.25) is 0 Å². The molecule has 0 spiro atoms. The number of hydrogen-bond acceptors (Lipinski definition) is 2. The third-order valence-electron chi connectivity index (χ3n) is 3.04. The molecule has 0 aliphatic rings. The van der Waals surface area contributed by atoms with E-state index in [1.807, 2.05) is 30.3 Å². The van der Waals surface area contributed by atoms with E-state index in [-0.39, 0.29) is 22.7 Å². The molecule has 0 aliphatic heterocycles. The molecule has 0 saturated carbocycles. The van der Waals surface area contributed by atoms with E-state index in [1.165, 1.54) is 12.1 Å². The molecule has 1 N–H and O–H groups in total. The molecule has 0 bridgehead atoms. The van der Waals surface area contributed by atoms with E-state index in [0.29, 0.717) is 0 Å². The molecule has 2 aromatic carbocycles. The van der Waals surface area contributed by atoms with Gasteiger partial charge in [-0.05, 0) is 48.0 Å². The van der Waals surface area contributed by atoms with Gasteiger partial charge >= 0.3 is 5.51 Å². The molecule has 0 saturated heterocycles. The molecule has 0 amide bonds. The zero-order valence-corrected chi connectivity index (χ0v) is 12.3. The van der Waals surface area contributed by atoms with Crippen LogP contribution in [-0.4, -0.2) is 5.51 Å². The lowest BCUT2D eigenvalue weighted by molar-refractivity contribution is -0.0328. The lowest BCUT2D eigenvalue weighted by Gasteiger charge is -2.19. The lowest BCUT2D eigenvalue weighted by atomic mass is 10.0. The summed E-state index contributed by atoms with van der Waals surface area (Å²) < 4.78 is 36.8. The number of rotatable bonds is 5. The fourth-order valence-electron chi connectivity index (χ4n) is 2.06. The van der Waals surface area contributed by atoms with Crippen molar-refractivity contribution < 1.29 is 13.2 Å². The van der Waals surface area contributed by atoms with Crippen molar-refractivity contribution in [2.45, 2.75) is 29.8 Å². The number of halogens is 3.